The number of benzene rings is 3. The van der Waals surface area contributed by atoms with Gasteiger partial charge in [-0.05, 0) is 42.3 Å². The Kier molecular flexibility index (Phi) is 7.79. The molecular weight excluding hydrogens is 440 g/mol. The number of anilines is 1. The summed E-state index contributed by atoms with van der Waals surface area (Å²) in [4.78, 5) is 28.5. The van der Waals surface area contributed by atoms with Gasteiger partial charge >= 0.3 is 0 Å². The number of aryl methyl sites for hydroxylation is 1. The van der Waals surface area contributed by atoms with E-state index in [4.69, 9.17) is 4.98 Å². The molecule has 33 heavy (non-hydrogen) atoms. The van der Waals surface area contributed by atoms with E-state index in [9.17, 15) is 14.9 Å². The zero-order valence-corrected chi connectivity index (χ0v) is 19.0. The van der Waals surface area contributed by atoms with Crippen LogP contribution in [0.25, 0.3) is 11.0 Å². The average Bonchev–Trinajstić information content (AvgIpc) is 3.16. The smallest absolute Gasteiger partial charge is 0.293 e. The van der Waals surface area contributed by atoms with Crippen LogP contribution >= 0.6 is 12.4 Å². The summed E-state index contributed by atoms with van der Waals surface area (Å²) in [5, 5.41) is 14.4. The molecular formula is C25H25ClN4O3. The van der Waals surface area contributed by atoms with Gasteiger partial charge in [-0.15, -0.1) is 12.4 Å². The standard InChI is InChI=1S/C25H24N4O3.ClH/c1-2-3-13-24-26-20-11-7-8-12-22(20)28(24)17-18-14-15-21(23(16-18)29(31)32)27-25(30)19-9-5-4-6-10-19;/h4-12,14-16H,2-3,13,17H2,1H3,(H,27,30);1H. The summed E-state index contributed by atoms with van der Waals surface area (Å²) in [6, 6.07) is 21.5. The number of carbonyl (C=O) groups excluding carboxylic acids is 1. The third-order valence-corrected chi connectivity index (χ3v) is 5.37. The Hall–Kier alpha value is -3.71. The summed E-state index contributed by atoms with van der Waals surface area (Å²) in [7, 11) is 0. The molecule has 0 aliphatic heterocycles. The number of hydrogen-bond donors (Lipinski definition) is 1. The lowest BCUT2D eigenvalue weighted by molar-refractivity contribution is -0.384. The molecule has 1 aromatic heterocycles. The van der Waals surface area contributed by atoms with E-state index in [-0.39, 0.29) is 29.7 Å². The minimum Gasteiger partial charge on any atom is -0.323 e. The maximum absolute atomic E-state index is 12.5. The number of aromatic nitrogens is 2. The molecule has 0 atom stereocenters. The highest BCUT2D eigenvalue weighted by Gasteiger charge is 2.19. The van der Waals surface area contributed by atoms with Crippen LogP contribution in [0.2, 0.25) is 0 Å². The van der Waals surface area contributed by atoms with Gasteiger partial charge in [0, 0.05) is 24.6 Å². The lowest BCUT2D eigenvalue weighted by Crippen LogP contribution is -2.13. The number of para-hydroxylation sites is 2. The number of unbranched alkanes of at least 4 members (excludes halogenated alkanes) is 1. The molecule has 0 bridgehead atoms. The molecule has 0 aliphatic carbocycles. The van der Waals surface area contributed by atoms with Gasteiger partial charge < -0.3 is 9.88 Å². The number of nitro groups is 1. The minimum absolute atomic E-state index is 0. The highest BCUT2D eigenvalue weighted by molar-refractivity contribution is 6.05. The first-order chi connectivity index (χ1) is 15.6. The predicted octanol–water partition coefficient (Wildman–Crippen LogP) is 6.01. The highest BCUT2D eigenvalue weighted by Crippen LogP contribution is 2.28. The number of nitrogens with one attached hydrogen (secondary N) is 1. The number of amides is 1. The van der Waals surface area contributed by atoms with Crippen molar-refractivity contribution in [2.24, 2.45) is 0 Å². The number of carbonyl (C=O) groups is 1. The quantitative estimate of drug-likeness (QED) is 0.255. The maximum Gasteiger partial charge on any atom is 0.293 e. The van der Waals surface area contributed by atoms with Crippen molar-refractivity contribution in [2.45, 2.75) is 32.7 Å². The molecule has 0 spiro atoms. The summed E-state index contributed by atoms with van der Waals surface area (Å²) < 4.78 is 2.12. The molecule has 4 aromatic rings. The van der Waals surface area contributed by atoms with Crippen LogP contribution in [0.3, 0.4) is 0 Å². The molecule has 0 fully saturated rings. The first-order valence-electron chi connectivity index (χ1n) is 10.6. The molecule has 1 N–H and O–H groups in total. The third-order valence-electron chi connectivity index (χ3n) is 5.37. The SMILES string of the molecule is CCCCc1nc2ccccc2n1Cc1ccc(NC(=O)c2ccccc2)c([N+](=O)[O-])c1.Cl. The van der Waals surface area contributed by atoms with Gasteiger partial charge in [0.05, 0.1) is 16.0 Å². The Bertz CT molecular complexity index is 1270. The van der Waals surface area contributed by atoms with Gasteiger partial charge in [0.15, 0.2) is 0 Å². The van der Waals surface area contributed by atoms with Gasteiger partial charge in [-0.1, -0.05) is 49.7 Å². The fourth-order valence-corrected chi connectivity index (χ4v) is 3.73. The van der Waals surface area contributed by atoms with Crippen molar-refractivity contribution in [1.82, 2.24) is 9.55 Å². The molecule has 4 rings (SSSR count). The van der Waals surface area contributed by atoms with Crippen LogP contribution < -0.4 is 5.32 Å². The van der Waals surface area contributed by atoms with E-state index >= 15 is 0 Å². The molecule has 8 heteroatoms. The normalized spacial score (nSPS) is 10.6. The largest absolute Gasteiger partial charge is 0.323 e. The van der Waals surface area contributed by atoms with Crippen molar-refractivity contribution >= 4 is 40.7 Å². The van der Waals surface area contributed by atoms with Crippen molar-refractivity contribution in [3.05, 3.63) is 99.9 Å². The Balaban J connectivity index is 0.00000306. The Morgan fingerprint density at radius 2 is 1.79 bits per heavy atom. The van der Waals surface area contributed by atoms with E-state index < -0.39 is 4.92 Å². The van der Waals surface area contributed by atoms with Crippen molar-refractivity contribution in [3.63, 3.8) is 0 Å². The third kappa shape index (κ3) is 5.38. The Morgan fingerprint density at radius 1 is 1.06 bits per heavy atom. The van der Waals surface area contributed by atoms with E-state index in [1.54, 1.807) is 30.3 Å². The topological polar surface area (TPSA) is 90.1 Å². The fourth-order valence-electron chi connectivity index (χ4n) is 3.73. The van der Waals surface area contributed by atoms with E-state index in [0.717, 1.165) is 41.7 Å². The molecule has 3 aromatic carbocycles. The van der Waals surface area contributed by atoms with E-state index in [1.807, 2.05) is 36.4 Å². The van der Waals surface area contributed by atoms with Crippen LogP contribution in [0.1, 0.15) is 41.5 Å². The van der Waals surface area contributed by atoms with Gasteiger partial charge in [-0.2, -0.15) is 0 Å². The number of rotatable bonds is 8. The minimum atomic E-state index is -0.464. The fraction of sp³-hybridized carbons (Fsp3) is 0.200. The van der Waals surface area contributed by atoms with Gasteiger partial charge in [0.1, 0.15) is 11.5 Å². The molecule has 0 radical (unpaired) electrons. The summed E-state index contributed by atoms with van der Waals surface area (Å²) >= 11 is 0. The molecule has 0 unspecified atom stereocenters. The number of nitrogens with zero attached hydrogens (tertiary/aromatic N) is 3. The molecule has 1 heterocycles. The molecule has 170 valence electrons. The second kappa shape index (κ2) is 10.7. The molecule has 0 saturated heterocycles. The lowest BCUT2D eigenvalue weighted by Gasteiger charge is -2.11. The number of imidazole rings is 1. The van der Waals surface area contributed by atoms with E-state index in [2.05, 4.69) is 16.8 Å². The lowest BCUT2D eigenvalue weighted by atomic mass is 10.1. The maximum atomic E-state index is 12.5. The summed E-state index contributed by atoms with van der Waals surface area (Å²) in [5.41, 5.74) is 3.18. The number of nitro benzene ring substituents is 1. The zero-order chi connectivity index (χ0) is 22.5. The zero-order valence-electron chi connectivity index (χ0n) is 18.2. The van der Waals surface area contributed by atoms with Gasteiger partial charge in [0.25, 0.3) is 11.6 Å². The highest BCUT2D eigenvalue weighted by atomic mass is 35.5. The van der Waals surface area contributed by atoms with Crippen molar-refractivity contribution in [1.29, 1.82) is 0 Å². The van der Waals surface area contributed by atoms with Gasteiger partial charge in [-0.25, -0.2) is 4.98 Å². The van der Waals surface area contributed by atoms with Crippen molar-refractivity contribution < 1.29 is 9.72 Å². The van der Waals surface area contributed by atoms with E-state index in [0.29, 0.717) is 12.1 Å². The van der Waals surface area contributed by atoms with Gasteiger partial charge in [-0.3, -0.25) is 14.9 Å². The second-order valence-corrected chi connectivity index (χ2v) is 7.64. The van der Waals surface area contributed by atoms with Crippen LogP contribution in [-0.4, -0.2) is 20.4 Å². The van der Waals surface area contributed by atoms with Crippen LogP contribution in [-0.2, 0) is 13.0 Å². The van der Waals surface area contributed by atoms with Gasteiger partial charge in [0.2, 0.25) is 0 Å². The molecule has 7 nitrogen and oxygen atoms in total. The van der Waals surface area contributed by atoms with Crippen molar-refractivity contribution in [2.75, 3.05) is 5.32 Å². The first-order valence-corrected chi connectivity index (χ1v) is 10.6. The Labute approximate surface area is 198 Å². The first kappa shape index (κ1) is 23.9. The van der Waals surface area contributed by atoms with Crippen molar-refractivity contribution in [3.8, 4) is 0 Å². The van der Waals surface area contributed by atoms with Crippen LogP contribution in [0, 0.1) is 10.1 Å². The van der Waals surface area contributed by atoms with E-state index in [1.165, 1.54) is 6.07 Å². The summed E-state index contributed by atoms with van der Waals surface area (Å²) in [6.07, 6.45) is 2.93. The molecule has 0 aliphatic rings. The average molecular weight is 465 g/mol. The number of fused-ring (bicyclic) bond motifs is 1. The summed E-state index contributed by atoms with van der Waals surface area (Å²) in [5.74, 6) is 0.584. The van der Waals surface area contributed by atoms with Crippen LogP contribution in [0.4, 0.5) is 11.4 Å². The van der Waals surface area contributed by atoms with Crippen LogP contribution in [0.15, 0.2) is 72.8 Å². The van der Waals surface area contributed by atoms with Crippen LogP contribution in [0.5, 0.6) is 0 Å². The number of halogens is 1. The Morgan fingerprint density at radius 3 is 2.52 bits per heavy atom. The second-order valence-electron chi connectivity index (χ2n) is 7.64. The number of hydrogen-bond acceptors (Lipinski definition) is 4. The monoisotopic (exact) mass is 464 g/mol. The molecule has 0 saturated carbocycles. The summed E-state index contributed by atoms with van der Waals surface area (Å²) in [6.45, 7) is 2.60. The predicted molar refractivity (Wildman–Crippen MR) is 132 cm³/mol. The molecule has 1 amide bonds.